The first kappa shape index (κ1) is 9.65. The zero-order valence-electron chi connectivity index (χ0n) is 8.79. The van der Waals surface area contributed by atoms with Crippen LogP contribution in [0.3, 0.4) is 0 Å². The molecule has 78 valence electrons. The molecule has 1 aliphatic rings. The van der Waals surface area contributed by atoms with E-state index in [0.717, 1.165) is 30.6 Å². The van der Waals surface area contributed by atoms with Gasteiger partial charge in [-0.3, -0.25) is 0 Å². The standard InChI is InChI=1S/C10H17N3O/c1-7-5-9(6-7)11-4-3-10-12-8(2)13-14-10/h7,9,11H,3-6H2,1-2H3. The zero-order valence-corrected chi connectivity index (χ0v) is 8.79. The van der Waals surface area contributed by atoms with Crippen molar-refractivity contribution in [2.45, 2.75) is 39.2 Å². The van der Waals surface area contributed by atoms with E-state index in [4.69, 9.17) is 4.52 Å². The molecule has 1 heterocycles. The maximum atomic E-state index is 5.02. The molecule has 0 unspecified atom stereocenters. The second-order valence-corrected chi connectivity index (χ2v) is 4.21. The fourth-order valence-corrected chi connectivity index (χ4v) is 1.89. The van der Waals surface area contributed by atoms with Crippen molar-refractivity contribution in [3.8, 4) is 0 Å². The lowest BCUT2D eigenvalue weighted by atomic mass is 9.82. The lowest BCUT2D eigenvalue weighted by Gasteiger charge is -2.33. The summed E-state index contributed by atoms with van der Waals surface area (Å²) < 4.78 is 5.02. The Balaban J connectivity index is 1.63. The first-order valence-electron chi connectivity index (χ1n) is 5.26. The highest BCUT2D eigenvalue weighted by Crippen LogP contribution is 2.25. The van der Waals surface area contributed by atoms with Crippen molar-refractivity contribution >= 4 is 0 Å². The predicted octanol–water partition coefficient (Wildman–Crippen LogP) is 1.31. The minimum absolute atomic E-state index is 0.717. The van der Waals surface area contributed by atoms with E-state index in [1.54, 1.807) is 0 Å². The molecule has 2 rings (SSSR count). The summed E-state index contributed by atoms with van der Waals surface area (Å²) >= 11 is 0. The van der Waals surface area contributed by atoms with Crippen LogP contribution in [-0.4, -0.2) is 22.7 Å². The molecule has 0 spiro atoms. The first-order valence-corrected chi connectivity index (χ1v) is 5.26. The number of hydrogen-bond acceptors (Lipinski definition) is 4. The Labute approximate surface area is 84.1 Å². The van der Waals surface area contributed by atoms with E-state index in [9.17, 15) is 0 Å². The van der Waals surface area contributed by atoms with Gasteiger partial charge in [-0.15, -0.1) is 0 Å². The van der Waals surface area contributed by atoms with Crippen LogP contribution in [-0.2, 0) is 6.42 Å². The number of nitrogens with one attached hydrogen (secondary N) is 1. The van der Waals surface area contributed by atoms with Gasteiger partial charge in [0.2, 0.25) is 5.89 Å². The van der Waals surface area contributed by atoms with E-state index < -0.39 is 0 Å². The highest BCUT2D eigenvalue weighted by molar-refractivity contribution is 4.86. The van der Waals surface area contributed by atoms with Gasteiger partial charge in [-0.1, -0.05) is 12.1 Å². The molecule has 4 nitrogen and oxygen atoms in total. The zero-order chi connectivity index (χ0) is 9.97. The molecule has 0 saturated heterocycles. The number of aromatic nitrogens is 2. The van der Waals surface area contributed by atoms with Gasteiger partial charge in [0.15, 0.2) is 5.82 Å². The number of hydrogen-bond donors (Lipinski definition) is 1. The molecular weight excluding hydrogens is 178 g/mol. The summed E-state index contributed by atoms with van der Waals surface area (Å²) in [6, 6.07) is 0.717. The molecule has 0 radical (unpaired) electrons. The van der Waals surface area contributed by atoms with Crippen molar-refractivity contribution in [1.82, 2.24) is 15.5 Å². The van der Waals surface area contributed by atoms with E-state index in [-0.39, 0.29) is 0 Å². The Hall–Kier alpha value is -0.900. The van der Waals surface area contributed by atoms with Crippen LogP contribution in [0.25, 0.3) is 0 Å². The van der Waals surface area contributed by atoms with Crippen LogP contribution in [0.1, 0.15) is 31.5 Å². The summed E-state index contributed by atoms with van der Waals surface area (Å²) in [5.41, 5.74) is 0. The van der Waals surface area contributed by atoms with Crippen molar-refractivity contribution in [3.05, 3.63) is 11.7 Å². The van der Waals surface area contributed by atoms with Crippen molar-refractivity contribution in [1.29, 1.82) is 0 Å². The quantitative estimate of drug-likeness (QED) is 0.787. The average molecular weight is 195 g/mol. The average Bonchev–Trinajstić information content (AvgIpc) is 2.48. The van der Waals surface area contributed by atoms with Gasteiger partial charge in [0.1, 0.15) is 0 Å². The summed E-state index contributed by atoms with van der Waals surface area (Å²) in [6.07, 6.45) is 3.46. The Bertz CT molecular complexity index is 291. The Morgan fingerprint density at radius 3 is 2.86 bits per heavy atom. The highest BCUT2D eigenvalue weighted by atomic mass is 16.5. The number of aryl methyl sites for hydroxylation is 1. The molecule has 1 fully saturated rings. The van der Waals surface area contributed by atoms with Gasteiger partial charge in [0.25, 0.3) is 0 Å². The van der Waals surface area contributed by atoms with Gasteiger partial charge in [-0.2, -0.15) is 4.98 Å². The first-order chi connectivity index (χ1) is 6.74. The van der Waals surface area contributed by atoms with Gasteiger partial charge in [0.05, 0.1) is 0 Å². The Kier molecular flexibility index (Phi) is 2.82. The van der Waals surface area contributed by atoms with E-state index in [0.29, 0.717) is 6.04 Å². The second kappa shape index (κ2) is 4.09. The minimum atomic E-state index is 0.717. The van der Waals surface area contributed by atoms with Crippen molar-refractivity contribution in [2.24, 2.45) is 5.92 Å². The van der Waals surface area contributed by atoms with Crippen molar-refractivity contribution in [3.63, 3.8) is 0 Å². The third kappa shape index (κ3) is 2.32. The maximum Gasteiger partial charge on any atom is 0.227 e. The summed E-state index contributed by atoms with van der Waals surface area (Å²) in [7, 11) is 0. The van der Waals surface area contributed by atoms with E-state index in [1.165, 1.54) is 12.8 Å². The fraction of sp³-hybridized carbons (Fsp3) is 0.800. The molecule has 0 amide bonds. The van der Waals surface area contributed by atoms with E-state index in [1.807, 2.05) is 6.92 Å². The van der Waals surface area contributed by atoms with Crippen LogP contribution in [0.5, 0.6) is 0 Å². The van der Waals surface area contributed by atoms with Crippen LogP contribution in [0.4, 0.5) is 0 Å². The molecule has 0 bridgehead atoms. The summed E-state index contributed by atoms with van der Waals surface area (Å²) in [5.74, 6) is 2.36. The van der Waals surface area contributed by atoms with Crippen LogP contribution >= 0.6 is 0 Å². The van der Waals surface area contributed by atoms with Gasteiger partial charge < -0.3 is 9.84 Å². The van der Waals surface area contributed by atoms with E-state index >= 15 is 0 Å². The topological polar surface area (TPSA) is 51.0 Å². The Morgan fingerprint density at radius 2 is 2.29 bits per heavy atom. The molecule has 4 heteroatoms. The van der Waals surface area contributed by atoms with Crippen molar-refractivity contribution in [2.75, 3.05) is 6.54 Å². The van der Waals surface area contributed by atoms with Gasteiger partial charge >= 0.3 is 0 Å². The molecule has 1 aliphatic carbocycles. The smallest absolute Gasteiger partial charge is 0.227 e. The number of nitrogens with zero attached hydrogens (tertiary/aromatic N) is 2. The third-order valence-corrected chi connectivity index (χ3v) is 2.72. The molecule has 0 aromatic carbocycles. The maximum absolute atomic E-state index is 5.02. The van der Waals surface area contributed by atoms with Gasteiger partial charge in [-0.25, -0.2) is 0 Å². The van der Waals surface area contributed by atoms with Crippen molar-refractivity contribution < 1.29 is 4.52 Å². The highest BCUT2D eigenvalue weighted by Gasteiger charge is 2.24. The minimum Gasteiger partial charge on any atom is -0.339 e. The lowest BCUT2D eigenvalue weighted by molar-refractivity contribution is 0.240. The SMILES string of the molecule is Cc1noc(CCNC2CC(C)C2)n1. The lowest BCUT2D eigenvalue weighted by Crippen LogP contribution is -2.40. The largest absolute Gasteiger partial charge is 0.339 e. The van der Waals surface area contributed by atoms with Gasteiger partial charge in [-0.05, 0) is 25.7 Å². The molecule has 1 saturated carbocycles. The molecule has 1 N–H and O–H groups in total. The second-order valence-electron chi connectivity index (χ2n) is 4.21. The normalized spacial score (nSPS) is 26.1. The van der Waals surface area contributed by atoms with Gasteiger partial charge in [0, 0.05) is 19.0 Å². The number of rotatable bonds is 4. The predicted molar refractivity (Wildman–Crippen MR) is 52.9 cm³/mol. The van der Waals surface area contributed by atoms with Crippen LogP contribution in [0.2, 0.25) is 0 Å². The molecule has 1 aromatic heterocycles. The summed E-state index contributed by atoms with van der Waals surface area (Å²) in [4.78, 5) is 4.15. The summed E-state index contributed by atoms with van der Waals surface area (Å²) in [5, 5.41) is 7.23. The summed E-state index contributed by atoms with van der Waals surface area (Å²) in [6.45, 7) is 5.08. The Morgan fingerprint density at radius 1 is 1.50 bits per heavy atom. The molecule has 0 atom stereocenters. The molecule has 0 aliphatic heterocycles. The van der Waals surface area contributed by atoms with Crippen LogP contribution in [0, 0.1) is 12.8 Å². The monoisotopic (exact) mass is 195 g/mol. The third-order valence-electron chi connectivity index (χ3n) is 2.72. The van der Waals surface area contributed by atoms with Crippen LogP contribution < -0.4 is 5.32 Å². The van der Waals surface area contributed by atoms with E-state index in [2.05, 4.69) is 22.4 Å². The van der Waals surface area contributed by atoms with Crippen LogP contribution in [0.15, 0.2) is 4.52 Å². The molecule has 14 heavy (non-hydrogen) atoms. The molecule has 1 aromatic rings. The molecular formula is C10H17N3O. The fourth-order valence-electron chi connectivity index (χ4n) is 1.89.